The zero-order valence-corrected chi connectivity index (χ0v) is 21.5. The number of hydrogen-bond donors (Lipinski definition) is 3. The lowest BCUT2D eigenvalue weighted by molar-refractivity contribution is -0.141. The van der Waals surface area contributed by atoms with E-state index < -0.39 is 47.6 Å². The van der Waals surface area contributed by atoms with Crippen molar-refractivity contribution < 1.29 is 42.1 Å². The fourth-order valence-corrected chi connectivity index (χ4v) is 3.59. The molecule has 1 unspecified atom stereocenters. The van der Waals surface area contributed by atoms with E-state index in [0.29, 0.717) is 0 Å². The Balaban J connectivity index is 2.33. The minimum Gasteiger partial charge on any atom is -0.465 e. The second kappa shape index (κ2) is 12.1. The molecule has 1 aromatic heterocycles. The Hall–Kier alpha value is -3.87. The van der Waals surface area contributed by atoms with Crippen molar-refractivity contribution in [1.82, 2.24) is 15.2 Å². The second-order valence-corrected chi connectivity index (χ2v) is 9.36. The first-order valence-corrected chi connectivity index (χ1v) is 11.5. The number of esters is 1. The molecule has 4 N–H and O–H groups in total. The Kier molecular flexibility index (Phi) is 9.68. The van der Waals surface area contributed by atoms with Gasteiger partial charge >= 0.3 is 18.2 Å². The van der Waals surface area contributed by atoms with Crippen molar-refractivity contribution in [3.63, 3.8) is 0 Å². The summed E-state index contributed by atoms with van der Waals surface area (Å²) in [6.07, 6.45) is -3.07. The van der Waals surface area contributed by atoms with Crippen LogP contribution in [0, 0.1) is 0 Å². The first-order chi connectivity index (χ1) is 17.6. The molecule has 38 heavy (non-hydrogen) atoms. The van der Waals surface area contributed by atoms with Crippen LogP contribution in [-0.4, -0.2) is 70.9 Å². The highest BCUT2D eigenvalue weighted by Gasteiger charge is 2.42. The Bertz CT molecular complexity index is 1120. The zero-order chi connectivity index (χ0) is 28.8. The molecular formula is C25H31F3N4O6. The van der Waals surface area contributed by atoms with E-state index in [1.165, 1.54) is 12.2 Å². The van der Waals surface area contributed by atoms with Crippen LogP contribution in [-0.2, 0) is 25.2 Å². The number of halogens is 3. The predicted octanol–water partition coefficient (Wildman–Crippen LogP) is 2.54. The van der Waals surface area contributed by atoms with Crippen LogP contribution in [0.1, 0.15) is 38.4 Å². The number of nitrogens with two attached hydrogens (primary N) is 1. The number of carbonyl (C=O) groups is 3. The summed E-state index contributed by atoms with van der Waals surface area (Å²) in [7, 11) is 1.13. The van der Waals surface area contributed by atoms with Crippen molar-refractivity contribution in [3.05, 3.63) is 59.5 Å². The van der Waals surface area contributed by atoms with Crippen LogP contribution in [0.3, 0.4) is 0 Å². The van der Waals surface area contributed by atoms with Crippen molar-refractivity contribution in [2.24, 2.45) is 5.73 Å². The van der Waals surface area contributed by atoms with Gasteiger partial charge in [0, 0.05) is 30.5 Å². The Morgan fingerprint density at radius 2 is 1.95 bits per heavy atom. The van der Waals surface area contributed by atoms with Gasteiger partial charge in [-0.15, -0.1) is 0 Å². The summed E-state index contributed by atoms with van der Waals surface area (Å²) in [4.78, 5) is 42.4. The molecular weight excluding hydrogens is 509 g/mol. The summed E-state index contributed by atoms with van der Waals surface area (Å²) < 4.78 is 48.6. The molecule has 13 heteroatoms. The summed E-state index contributed by atoms with van der Waals surface area (Å²) in [6.45, 7) is 8.32. The third kappa shape index (κ3) is 7.81. The maximum absolute atomic E-state index is 13.0. The number of aliphatic hydroxyl groups excluding tert-OH is 1. The number of alkyl halides is 3. The van der Waals surface area contributed by atoms with Crippen molar-refractivity contribution in [2.75, 3.05) is 20.2 Å². The highest BCUT2D eigenvalue weighted by molar-refractivity contribution is 5.94. The second-order valence-electron chi connectivity index (χ2n) is 9.36. The van der Waals surface area contributed by atoms with Crippen molar-refractivity contribution >= 4 is 23.7 Å². The fourth-order valence-electron chi connectivity index (χ4n) is 3.59. The number of pyridine rings is 1. The minimum atomic E-state index is -4.63. The van der Waals surface area contributed by atoms with Crippen LogP contribution >= 0.6 is 0 Å². The molecule has 1 fully saturated rings. The molecule has 0 radical (unpaired) electrons. The molecule has 10 nitrogen and oxygen atoms in total. The van der Waals surface area contributed by atoms with Gasteiger partial charge in [0.15, 0.2) is 0 Å². The number of hydrogen-bond acceptors (Lipinski definition) is 8. The Morgan fingerprint density at radius 1 is 1.29 bits per heavy atom. The van der Waals surface area contributed by atoms with Gasteiger partial charge in [-0.25, -0.2) is 9.59 Å². The number of likely N-dealkylation sites (tertiary alicyclic amines) is 1. The molecule has 2 amide bonds. The third-order valence-corrected chi connectivity index (χ3v) is 5.39. The van der Waals surface area contributed by atoms with Crippen LogP contribution in [0.4, 0.5) is 18.0 Å². The largest absolute Gasteiger partial charge is 0.465 e. The molecule has 0 bridgehead atoms. The van der Waals surface area contributed by atoms with E-state index in [9.17, 15) is 32.7 Å². The van der Waals surface area contributed by atoms with Gasteiger partial charge in [-0.2, -0.15) is 13.2 Å². The molecule has 2 heterocycles. The smallest absolute Gasteiger partial charge is 0.433 e. The highest BCUT2D eigenvalue weighted by Crippen LogP contribution is 2.28. The maximum Gasteiger partial charge on any atom is 0.433 e. The molecule has 0 saturated carbocycles. The van der Waals surface area contributed by atoms with Crippen molar-refractivity contribution in [2.45, 2.75) is 51.1 Å². The van der Waals surface area contributed by atoms with E-state index in [1.807, 2.05) is 0 Å². The number of amides is 2. The number of ether oxygens (including phenoxy) is 2. The van der Waals surface area contributed by atoms with Crippen LogP contribution in [0.25, 0.3) is 5.70 Å². The van der Waals surface area contributed by atoms with Gasteiger partial charge in [0.05, 0.1) is 18.8 Å². The number of aliphatic hydroxyl groups is 1. The number of nitrogens with one attached hydrogen (secondary N) is 1. The first-order valence-electron chi connectivity index (χ1n) is 11.5. The van der Waals surface area contributed by atoms with Crippen LogP contribution in [0.15, 0.2) is 48.2 Å². The predicted molar refractivity (Wildman–Crippen MR) is 131 cm³/mol. The lowest BCUT2D eigenvalue weighted by Gasteiger charge is -2.28. The van der Waals surface area contributed by atoms with Crippen LogP contribution in [0.5, 0.6) is 0 Å². The van der Waals surface area contributed by atoms with Gasteiger partial charge in [0.1, 0.15) is 17.3 Å². The maximum atomic E-state index is 13.0. The summed E-state index contributed by atoms with van der Waals surface area (Å²) >= 11 is 0. The molecule has 2 rings (SSSR count). The quantitative estimate of drug-likeness (QED) is 0.272. The number of rotatable bonds is 7. The molecule has 1 aliphatic heterocycles. The first kappa shape index (κ1) is 30.4. The van der Waals surface area contributed by atoms with E-state index in [2.05, 4.69) is 16.9 Å². The average molecular weight is 541 g/mol. The average Bonchev–Trinajstić information content (AvgIpc) is 3.22. The summed E-state index contributed by atoms with van der Waals surface area (Å²) in [6, 6.07) is 0.608. The summed E-state index contributed by atoms with van der Waals surface area (Å²) in [5.74, 6) is -1.54. The molecule has 1 saturated heterocycles. The van der Waals surface area contributed by atoms with Crippen molar-refractivity contribution in [3.8, 4) is 0 Å². The highest BCUT2D eigenvalue weighted by atomic mass is 19.4. The van der Waals surface area contributed by atoms with E-state index in [-0.39, 0.29) is 41.9 Å². The molecule has 1 aromatic rings. The van der Waals surface area contributed by atoms with Gasteiger partial charge in [0.25, 0.3) is 0 Å². The normalized spacial score (nSPS) is 18.9. The van der Waals surface area contributed by atoms with Gasteiger partial charge in [-0.1, -0.05) is 12.7 Å². The number of aromatic nitrogens is 1. The molecule has 208 valence electrons. The molecule has 2 atom stereocenters. The number of methoxy groups -OCH3 is 1. The van der Waals surface area contributed by atoms with E-state index in [1.54, 1.807) is 20.8 Å². The van der Waals surface area contributed by atoms with E-state index >= 15 is 0 Å². The molecule has 1 aliphatic rings. The third-order valence-electron chi connectivity index (χ3n) is 5.39. The van der Waals surface area contributed by atoms with Crippen LogP contribution in [0.2, 0.25) is 0 Å². The lowest BCUT2D eigenvalue weighted by Crippen LogP contribution is -2.51. The Morgan fingerprint density at radius 3 is 2.45 bits per heavy atom. The standard InChI is InChI=1S/C25H31F3N4O6/c1-6-16(22(35)37-5)15(11-17(29)14-7-8-19(30-12-14)25(26,27)28)13-31-21(34)20-18(33)9-10-32(20)23(36)38-24(2,3)4/h6-8,11-12,18,20,33H,1,9-10,13,29H2,2-5H3,(H,31,34)/b16-15-,17-11-/t18-,20?/m1/s1. The van der Waals surface area contributed by atoms with Crippen molar-refractivity contribution in [1.29, 1.82) is 0 Å². The van der Waals surface area contributed by atoms with E-state index in [4.69, 9.17) is 15.2 Å². The van der Waals surface area contributed by atoms with Crippen LogP contribution < -0.4 is 11.1 Å². The topological polar surface area (TPSA) is 144 Å². The summed E-state index contributed by atoms with van der Waals surface area (Å²) in [5.41, 5.74) is 4.22. The van der Waals surface area contributed by atoms with Gasteiger partial charge < -0.3 is 25.6 Å². The van der Waals surface area contributed by atoms with Gasteiger partial charge in [0.2, 0.25) is 5.91 Å². The number of nitrogens with zero attached hydrogens (tertiary/aromatic N) is 2. The zero-order valence-electron chi connectivity index (χ0n) is 21.5. The van der Waals surface area contributed by atoms with Gasteiger partial charge in [-0.3, -0.25) is 14.7 Å². The monoisotopic (exact) mass is 540 g/mol. The Labute approximate surface area is 218 Å². The molecule has 0 aliphatic carbocycles. The molecule has 0 aromatic carbocycles. The number of carbonyl (C=O) groups excluding carboxylic acids is 3. The molecule has 0 spiro atoms. The SMILES string of the molecule is C=C/C(C(=O)OC)=C(\C=C(/N)c1ccc(C(F)(F)F)nc1)CNC(=O)C1[C@H](O)CCN1C(=O)OC(C)(C)C. The van der Waals surface area contributed by atoms with E-state index in [0.717, 1.165) is 30.3 Å². The lowest BCUT2D eigenvalue weighted by atomic mass is 10.0. The minimum absolute atomic E-state index is 0.0602. The fraction of sp³-hybridized carbons (Fsp3) is 0.440. The summed E-state index contributed by atoms with van der Waals surface area (Å²) in [5, 5.41) is 12.9. The van der Waals surface area contributed by atoms with Gasteiger partial charge in [-0.05, 0) is 51.0 Å².